The smallest absolute Gasteiger partial charge is 0.387 e. The van der Waals surface area contributed by atoms with Crippen molar-refractivity contribution in [3.63, 3.8) is 0 Å². The number of pyridine rings is 2. The van der Waals surface area contributed by atoms with Gasteiger partial charge < -0.3 is 9.47 Å². The molecule has 2 aromatic heterocycles. The van der Waals surface area contributed by atoms with Crippen LogP contribution in [0.5, 0.6) is 11.5 Å². The molecule has 0 bridgehead atoms. The van der Waals surface area contributed by atoms with E-state index in [9.17, 15) is 17.6 Å². The third kappa shape index (κ3) is 5.90. The molecule has 152 valence electrons. The van der Waals surface area contributed by atoms with Crippen LogP contribution in [-0.4, -0.2) is 23.2 Å². The minimum atomic E-state index is -3.19. The molecule has 0 aliphatic heterocycles. The Morgan fingerprint density at radius 3 is 2.17 bits per heavy atom. The molecule has 0 saturated heterocycles. The Bertz CT molecular complexity index is 928. The first-order chi connectivity index (χ1) is 13.9. The Hall–Kier alpha value is -2.68. The molecule has 1 unspecified atom stereocenters. The van der Waals surface area contributed by atoms with Crippen LogP contribution >= 0.6 is 15.9 Å². The monoisotopic (exact) mass is 470 g/mol. The van der Waals surface area contributed by atoms with E-state index in [0.717, 1.165) is 10.0 Å². The summed E-state index contributed by atoms with van der Waals surface area (Å²) in [5.74, 6) is -1.27. The second-order valence-electron chi connectivity index (χ2n) is 5.98. The van der Waals surface area contributed by atoms with Gasteiger partial charge >= 0.3 is 13.2 Å². The van der Waals surface area contributed by atoms with Crippen molar-refractivity contribution in [2.75, 3.05) is 0 Å². The van der Waals surface area contributed by atoms with E-state index in [4.69, 9.17) is 0 Å². The molecule has 3 rings (SSSR count). The normalized spacial score (nSPS) is 12.2. The number of benzene rings is 1. The fourth-order valence-electron chi connectivity index (χ4n) is 2.86. The van der Waals surface area contributed by atoms with Crippen LogP contribution in [0.4, 0.5) is 17.6 Å². The Labute approximate surface area is 172 Å². The fourth-order valence-corrected chi connectivity index (χ4v) is 3.10. The summed E-state index contributed by atoms with van der Waals surface area (Å²) >= 11 is 3.33. The summed E-state index contributed by atoms with van der Waals surface area (Å²) in [6, 6.07) is 11.3. The van der Waals surface area contributed by atoms with Gasteiger partial charge in [0, 0.05) is 34.7 Å². The molecule has 0 saturated carbocycles. The zero-order chi connectivity index (χ0) is 20.8. The van der Waals surface area contributed by atoms with Gasteiger partial charge in [-0.25, -0.2) is 0 Å². The van der Waals surface area contributed by atoms with Gasteiger partial charge in [0.2, 0.25) is 0 Å². The Kier molecular flexibility index (Phi) is 7.03. The SMILES string of the molecule is FC(F)Oc1ccc(C(Cc2ccncc2)c2ccc(Br)cn2)cc1OC(F)F. The van der Waals surface area contributed by atoms with Gasteiger partial charge in [0.05, 0.1) is 0 Å². The molecule has 0 spiro atoms. The lowest BCUT2D eigenvalue weighted by molar-refractivity contribution is -0.0692. The lowest BCUT2D eigenvalue weighted by Gasteiger charge is -2.20. The van der Waals surface area contributed by atoms with Crippen molar-refractivity contribution in [2.45, 2.75) is 25.6 Å². The molecule has 0 N–H and O–H groups in total. The highest BCUT2D eigenvalue weighted by atomic mass is 79.9. The second-order valence-corrected chi connectivity index (χ2v) is 6.89. The maximum absolute atomic E-state index is 12.8. The van der Waals surface area contributed by atoms with E-state index in [1.807, 2.05) is 18.2 Å². The summed E-state index contributed by atoms with van der Waals surface area (Å²) in [7, 11) is 0. The summed E-state index contributed by atoms with van der Waals surface area (Å²) in [6.45, 7) is -6.35. The maximum Gasteiger partial charge on any atom is 0.387 e. The number of hydrogen-bond acceptors (Lipinski definition) is 4. The van der Waals surface area contributed by atoms with Crippen LogP contribution in [0.1, 0.15) is 22.7 Å². The highest BCUT2D eigenvalue weighted by molar-refractivity contribution is 9.10. The number of rotatable bonds is 8. The second kappa shape index (κ2) is 9.69. The van der Waals surface area contributed by atoms with Gasteiger partial charge in [-0.3, -0.25) is 9.97 Å². The summed E-state index contributed by atoms with van der Waals surface area (Å²) in [6.07, 6.45) is 5.40. The Morgan fingerprint density at radius 1 is 0.862 bits per heavy atom. The van der Waals surface area contributed by atoms with Crippen LogP contribution in [0.3, 0.4) is 0 Å². The molecule has 29 heavy (non-hydrogen) atoms. The molecule has 3 aromatic rings. The summed E-state index contributed by atoms with van der Waals surface area (Å²) in [5, 5.41) is 0. The number of nitrogens with zero attached hydrogens (tertiary/aromatic N) is 2. The number of aromatic nitrogens is 2. The van der Waals surface area contributed by atoms with E-state index in [2.05, 4.69) is 35.4 Å². The Morgan fingerprint density at radius 2 is 1.55 bits per heavy atom. The van der Waals surface area contributed by atoms with Crippen LogP contribution in [0.2, 0.25) is 0 Å². The topological polar surface area (TPSA) is 44.2 Å². The van der Waals surface area contributed by atoms with Crippen LogP contribution in [0.25, 0.3) is 0 Å². The van der Waals surface area contributed by atoms with Gasteiger partial charge in [0.15, 0.2) is 11.5 Å². The largest absolute Gasteiger partial charge is 0.431 e. The van der Waals surface area contributed by atoms with Crippen molar-refractivity contribution < 1.29 is 27.0 Å². The van der Waals surface area contributed by atoms with E-state index in [1.54, 1.807) is 24.7 Å². The molecule has 0 fully saturated rings. The third-order valence-electron chi connectivity index (χ3n) is 4.10. The quantitative estimate of drug-likeness (QED) is 0.389. The molecular weight excluding hydrogens is 456 g/mol. The van der Waals surface area contributed by atoms with E-state index in [1.165, 1.54) is 18.2 Å². The predicted octanol–water partition coefficient (Wildman–Crippen LogP) is 5.82. The van der Waals surface area contributed by atoms with Gasteiger partial charge in [-0.15, -0.1) is 0 Å². The number of ether oxygens (including phenoxy) is 2. The maximum atomic E-state index is 12.8. The summed E-state index contributed by atoms with van der Waals surface area (Å²) in [4.78, 5) is 8.39. The van der Waals surface area contributed by atoms with Crippen molar-refractivity contribution in [1.29, 1.82) is 0 Å². The van der Waals surface area contributed by atoms with Crippen molar-refractivity contribution in [3.05, 3.63) is 82.3 Å². The van der Waals surface area contributed by atoms with Gasteiger partial charge in [0.25, 0.3) is 0 Å². The highest BCUT2D eigenvalue weighted by Crippen LogP contribution is 2.36. The molecular formula is C20H15BrF4N2O2. The van der Waals surface area contributed by atoms with Gasteiger partial charge in [-0.05, 0) is 69.9 Å². The number of alkyl halides is 4. The van der Waals surface area contributed by atoms with Crippen LogP contribution < -0.4 is 9.47 Å². The molecule has 4 nitrogen and oxygen atoms in total. The lowest BCUT2D eigenvalue weighted by Crippen LogP contribution is -2.11. The summed E-state index contributed by atoms with van der Waals surface area (Å²) < 4.78 is 60.3. The molecule has 0 aliphatic carbocycles. The van der Waals surface area contributed by atoms with Crippen molar-refractivity contribution >= 4 is 15.9 Å². The van der Waals surface area contributed by atoms with E-state index in [0.29, 0.717) is 17.7 Å². The molecule has 1 atom stereocenters. The molecule has 9 heteroatoms. The summed E-state index contributed by atoms with van der Waals surface area (Å²) in [5.41, 5.74) is 2.18. The van der Waals surface area contributed by atoms with Crippen molar-refractivity contribution in [2.24, 2.45) is 0 Å². The fraction of sp³-hybridized carbons (Fsp3) is 0.200. The third-order valence-corrected chi connectivity index (χ3v) is 4.57. The van der Waals surface area contributed by atoms with E-state index in [-0.39, 0.29) is 5.92 Å². The van der Waals surface area contributed by atoms with Gasteiger partial charge in [0.1, 0.15) is 0 Å². The first kappa shape index (κ1) is 21.0. The minimum absolute atomic E-state index is 0.342. The number of hydrogen-bond donors (Lipinski definition) is 0. The average Bonchev–Trinajstić information content (AvgIpc) is 2.68. The van der Waals surface area contributed by atoms with Crippen molar-refractivity contribution in [3.8, 4) is 11.5 Å². The van der Waals surface area contributed by atoms with Crippen LogP contribution in [0.15, 0.2) is 65.5 Å². The van der Waals surface area contributed by atoms with Gasteiger partial charge in [-0.1, -0.05) is 6.07 Å². The minimum Gasteiger partial charge on any atom is -0.431 e. The number of halogens is 5. The lowest BCUT2D eigenvalue weighted by atomic mass is 9.89. The van der Waals surface area contributed by atoms with Crippen LogP contribution in [0, 0.1) is 0 Å². The molecule has 0 aliphatic rings. The first-order valence-electron chi connectivity index (χ1n) is 8.46. The molecule has 0 radical (unpaired) electrons. The zero-order valence-corrected chi connectivity index (χ0v) is 16.4. The molecule has 1 aromatic carbocycles. The van der Waals surface area contributed by atoms with Crippen molar-refractivity contribution in [1.82, 2.24) is 9.97 Å². The highest BCUT2D eigenvalue weighted by Gasteiger charge is 2.21. The Balaban J connectivity index is 2.02. The van der Waals surface area contributed by atoms with Crippen LogP contribution in [-0.2, 0) is 6.42 Å². The average molecular weight is 471 g/mol. The predicted molar refractivity (Wildman–Crippen MR) is 101 cm³/mol. The molecule has 2 heterocycles. The van der Waals surface area contributed by atoms with E-state index >= 15 is 0 Å². The standard InChI is InChI=1S/C20H15BrF4N2O2/c21-14-2-3-16(27-11-14)15(9-12-5-7-26-8-6-12)13-1-4-17(28-19(22)23)18(10-13)29-20(24)25/h1-8,10-11,15,19-20H,9H2. The van der Waals surface area contributed by atoms with Gasteiger partial charge in [-0.2, -0.15) is 17.6 Å². The van der Waals surface area contributed by atoms with E-state index < -0.39 is 24.7 Å². The molecule has 0 amide bonds. The zero-order valence-electron chi connectivity index (χ0n) is 14.8. The first-order valence-corrected chi connectivity index (χ1v) is 9.25.